The van der Waals surface area contributed by atoms with Gasteiger partial charge < -0.3 is 4.52 Å². The average Bonchev–Trinajstić information content (AvgIpc) is 3.09. The molecule has 7 nitrogen and oxygen atoms in total. The zero-order valence-corrected chi connectivity index (χ0v) is 15.7. The van der Waals surface area contributed by atoms with Gasteiger partial charge >= 0.3 is 0 Å². The summed E-state index contributed by atoms with van der Waals surface area (Å²) < 4.78 is 31.7. The lowest BCUT2D eigenvalue weighted by Gasteiger charge is -2.32. The summed E-state index contributed by atoms with van der Waals surface area (Å²) in [7, 11) is -3.41. The van der Waals surface area contributed by atoms with E-state index in [1.807, 2.05) is 30.3 Å². The lowest BCUT2D eigenvalue weighted by Crippen LogP contribution is -2.47. The SMILES string of the molecule is CCCc1noc(CN2CCN(S(=O)(=O)/C=C/c3ccccc3)CC2)n1. The van der Waals surface area contributed by atoms with Crippen molar-refractivity contribution in [1.29, 1.82) is 0 Å². The van der Waals surface area contributed by atoms with Gasteiger partial charge in [-0.25, -0.2) is 8.42 Å². The van der Waals surface area contributed by atoms with Gasteiger partial charge in [-0.3, -0.25) is 4.90 Å². The molecule has 0 saturated carbocycles. The Balaban J connectivity index is 1.53. The quantitative estimate of drug-likeness (QED) is 0.737. The first kappa shape index (κ1) is 18.8. The van der Waals surface area contributed by atoms with Crippen LogP contribution in [0.3, 0.4) is 0 Å². The molecule has 26 heavy (non-hydrogen) atoms. The second kappa shape index (κ2) is 8.57. The molecule has 1 fully saturated rings. The van der Waals surface area contributed by atoms with Crippen molar-refractivity contribution >= 4 is 16.1 Å². The van der Waals surface area contributed by atoms with E-state index in [9.17, 15) is 8.42 Å². The maximum Gasteiger partial charge on any atom is 0.240 e. The maximum absolute atomic E-state index is 12.5. The second-order valence-electron chi connectivity index (χ2n) is 6.29. The molecule has 1 aromatic heterocycles. The Morgan fingerprint density at radius 2 is 1.88 bits per heavy atom. The second-order valence-corrected chi connectivity index (χ2v) is 8.11. The number of aromatic nitrogens is 2. The lowest BCUT2D eigenvalue weighted by molar-refractivity contribution is 0.164. The van der Waals surface area contributed by atoms with Crippen molar-refractivity contribution in [2.75, 3.05) is 26.2 Å². The molecule has 0 atom stereocenters. The van der Waals surface area contributed by atoms with Gasteiger partial charge in [0.25, 0.3) is 0 Å². The highest BCUT2D eigenvalue weighted by Crippen LogP contribution is 2.13. The van der Waals surface area contributed by atoms with E-state index in [-0.39, 0.29) is 0 Å². The molecule has 0 spiro atoms. The van der Waals surface area contributed by atoms with Crippen LogP contribution in [-0.4, -0.2) is 53.9 Å². The summed E-state index contributed by atoms with van der Waals surface area (Å²) in [6.07, 6.45) is 3.42. The summed E-state index contributed by atoms with van der Waals surface area (Å²) in [5.74, 6) is 1.32. The topological polar surface area (TPSA) is 79.5 Å². The largest absolute Gasteiger partial charge is 0.338 e. The molecular formula is C18H24N4O3S. The van der Waals surface area contributed by atoms with Crippen LogP contribution in [0.25, 0.3) is 6.08 Å². The standard InChI is InChI=1S/C18H24N4O3S/c1-2-6-17-19-18(25-20-17)15-21-10-12-22(13-11-21)26(23,24)14-9-16-7-4-3-5-8-16/h3-5,7-9,14H,2,6,10-13,15H2,1H3/b14-9+. The van der Waals surface area contributed by atoms with Gasteiger partial charge in [0, 0.05) is 38.0 Å². The van der Waals surface area contributed by atoms with Crippen LogP contribution in [0.5, 0.6) is 0 Å². The van der Waals surface area contributed by atoms with E-state index in [0.717, 1.165) is 24.2 Å². The highest BCUT2D eigenvalue weighted by molar-refractivity contribution is 7.92. The molecule has 3 rings (SSSR count). The first-order chi connectivity index (χ1) is 12.6. The molecular weight excluding hydrogens is 352 g/mol. The molecule has 2 aromatic rings. The zero-order valence-electron chi connectivity index (χ0n) is 14.9. The van der Waals surface area contributed by atoms with Crippen molar-refractivity contribution in [3.8, 4) is 0 Å². The normalized spacial score (nSPS) is 17.1. The van der Waals surface area contributed by atoms with Crippen molar-refractivity contribution in [3.05, 3.63) is 53.0 Å². The van der Waals surface area contributed by atoms with Crippen LogP contribution in [0.4, 0.5) is 0 Å². The Labute approximate surface area is 154 Å². The van der Waals surface area contributed by atoms with Gasteiger partial charge in [-0.15, -0.1) is 0 Å². The fourth-order valence-corrected chi connectivity index (χ4v) is 4.00. The number of hydrogen-bond donors (Lipinski definition) is 0. The minimum atomic E-state index is -3.41. The van der Waals surface area contributed by atoms with Crippen molar-refractivity contribution in [1.82, 2.24) is 19.3 Å². The predicted molar refractivity (Wildman–Crippen MR) is 99.5 cm³/mol. The molecule has 2 heterocycles. The van der Waals surface area contributed by atoms with E-state index in [0.29, 0.717) is 38.6 Å². The number of sulfonamides is 1. The van der Waals surface area contributed by atoms with E-state index in [2.05, 4.69) is 22.0 Å². The molecule has 1 aromatic carbocycles. The maximum atomic E-state index is 12.5. The molecule has 0 amide bonds. The summed E-state index contributed by atoms with van der Waals surface area (Å²) in [6.45, 7) is 4.83. The van der Waals surface area contributed by atoms with Gasteiger partial charge in [0.05, 0.1) is 6.54 Å². The molecule has 1 aliphatic rings. The van der Waals surface area contributed by atoms with Gasteiger partial charge in [-0.1, -0.05) is 42.4 Å². The van der Waals surface area contributed by atoms with Crippen LogP contribution in [-0.2, 0) is 23.0 Å². The number of aryl methyl sites for hydroxylation is 1. The summed E-state index contributed by atoms with van der Waals surface area (Å²) in [4.78, 5) is 6.50. The molecule has 0 N–H and O–H groups in total. The van der Waals surface area contributed by atoms with Crippen molar-refractivity contribution < 1.29 is 12.9 Å². The summed E-state index contributed by atoms with van der Waals surface area (Å²) in [5.41, 5.74) is 0.869. The van der Waals surface area contributed by atoms with Gasteiger partial charge in [0.15, 0.2) is 5.82 Å². The first-order valence-corrected chi connectivity index (χ1v) is 10.3. The molecule has 1 saturated heterocycles. The lowest BCUT2D eigenvalue weighted by atomic mass is 10.2. The Kier molecular flexibility index (Phi) is 6.18. The summed E-state index contributed by atoms with van der Waals surface area (Å²) in [6, 6.07) is 9.42. The van der Waals surface area contributed by atoms with Crippen LogP contribution in [0.1, 0.15) is 30.6 Å². The predicted octanol–water partition coefficient (Wildman–Crippen LogP) is 2.14. The zero-order chi connectivity index (χ0) is 18.4. The van der Waals surface area contributed by atoms with E-state index in [1.165, 1.54) is 9.71 Å². The summed E-state index contributed by atoms with van der Waals surface area (Å²) in [5, 5.41) is 5.24. The Hall–Kier alpha value is -2.03. The minimum absolute atomic E-state index is 0.456. The number of rotatable bonds is 7. The van der Waals surface area contributed by atoms with Crippen molar-refractivity contribution in [2.24, 2.45) is 0 Å². The van der Waals surface area contributed by atoms with E-state index in [1.54, 1.807) is 6.08 Å². The average molecular weight is 376 g/mol. The van der Waals surface area contributed by atoms with Crippen molar-refractivity contribution in [3.63, 3.8) is 0 Å². The number of nitrogens with zero attached hydrogens (tertiary/aromatic N) is 4. The fraction of sp³-hybridized carbons (Fsp3) is 0.444. The molecule has 0 radical (unpaired) electrons. The van der Waals surface area contributed by atoms with Gasteiger partial charge in [-0.2, -0.15) is 9.29 Å². The Bertz CT molecular complexity index is 825. The van der Waals surface area contributed by atoms with E-state index >= 15 is 0 Å². The fourth-order valence-electron chi connectivity index (χ4n) is 2.83. The van der Waals surface area contributed by atoms with E-state index < -0.39 is 10.0 Å². The molecule has 140 valence electrons. The van der Waals surface area contributed by atoms with Crippen LogP contribution in [0, 0.1) is 0 Å². The third kappa shape index (κ3) is 5.00. The molecule has 0 unspecified atom stereocenters. The Morgan fingerprint density at radius 1 is 1.15 bits per heavy atom. The van der Waals surface area contributed by atoms with Crippen LogP contribution in [0.2, 0.25) is 0 Å². The molecule has 8 heteroatoms. The van der Waals surface area contributed by atoms with Crippen LogP contribution >= 0.6 is 0 Å². The smallest absolute Gasteiger partial charge is 0.240 e. The van der Waals surface area contributed by atoms with Gasteiger partial charge in [-0.05, 0) is 18.1 Å². The van der Waals surface area contributed by atoms with Gasteiger partial charge in [0.1, 0.15) is 0 Å². The van der Waals surface area contributed by atoms with Crippen molar-refractivity contribution in [2.45, 2.75) is 26.3 Å². The van der Waals surface area contributed by atoms with Crippen LogP contribution in [0.15, 0.2) is 40.3 Å². The highest BCUT2D eigenvalue weighted by atomic mass is 32.2. The number of hydrogen-bond acceptors (Lipinski definition) is 6. The third-order valence-corrected chi connectivity index (χ3v) is 5.83. The monoisotopic (exact) mass is 376 g/mol. The van der Waals surface area contributed by atoms with E-state index in [4.69, 9.17) is 4.52 Å². The first-order valence-electron chi connectivity index (χ1n) is 8.84. The van der Waals surface area contributed by atoms with Gasteiger partial charge in [0.2, 0.25) is 15.9 Å². The Morgan fingerprint density at radius 3 is 2.58 bits per heavy atom. The minimum Gasteiger partial charge on any atom is -0.338 e. The molecule has 0 aliphatic carbocycles. The molecule has 0 bridgehead atoms. The summed E-state index contributed by atoms with van der Waals surface area (Å²) >= 11 is 0. The van der Waals surface area contributed by atoms with Crippen LogP contribution < -0.4 is 0 Å². The number of benzene rings is 1. The molecule has 1 aliphatic heterocycles. The number of piperazine rings is 1. The third-order valence-electron chi connectivity index (χ3n) is 4.27. The highest BCUT2D eigenvalue weighted by Gasteiger charge is 2.25.